The summed E-state index contributed by atoms with van der Waals surface area (Å²) in [6.45, 7) is 4.70. The number of unbranched alkanes of at least 4 members (excludes halogenated alkanes) is 30. The Bertz CT molecular complexity index is 2440. The fourth-order valence-corrected chi connectivity index (χ4v) is 12.2. The predicted molar refractivity (Wildman–Crippen MR) is 427 cm³/mol. The monoisotopic (exact) mass is 1500 g/mol. The minimum absolute atomic E-state index is 0.0160. The summed E-state index contributed by atoms with van der Waals surface area (Å²) in [5.74, 6) is -2.29. The van der Waals surface area contributed by atoms with Crippen molar-refractivity contribution in [3.8, 4) is 0 Å². The Morgan fingerprint density at radius 3 is 0.779 bits per heavy atom. The highest BCUT2D eigenvalue weighted by molar-refractivity contribution is 7.47. The molecule has 3 N–H and O–H groups in total. The standard InChI is InChI=1S/C85H146O17P2/c1-5-9-13-17-21-25-29-33-37-39-43-46-50-54-58-62-66-70-83(88)96-76-81(102-85(90)72-68-64-60-56-52-48-44-40-38-34-30-26-22-18-14-10-6-2)78-100-104(93,94)98-74-79(86)73-97-103(91,92)99-77-80(101-84(89)71-67-63-59-55-51-47-42-36-32-28-24-20-16-12-8-4)75-95-82(87)69-65-61-57-53-49-45-41-35-31-27-23-19-15-11-7-3/h21,23-25,27-28,33-38,41-44,46,48,56,60,79-81,86H,5-20,22,26,29-32,39-40,45,47,49-55,57-59,61-78H2,1-4H3,(H,91,92)(H,93,94). The van der Waals surface area contributed by atoms with Crippen LogP contribution in [0.2, 0.25) is 0 Å². The van der Waals surface area contributed by atoms with Crippen molar-refractivity contribution in [2.45, 2.75) is 354 Å². The minimum atomic E-state index is -5.00. The number of phosphoric acid groups is 2. The minimum Gasteiger partial charge on any atom is -0.462 e. The first-order valence-electron chi connectivity index (χ1n) is 40.8. The van der Waals surface area contributed by atoms with Gasteiger partial charge in [0, 0.05) is 25.7 Å². The van der Waals surface area contributed by atoms with Crippen molar-refractivity contribution in [1.29, 1.82) is 0 Å². The van der Waals surface area contributed by atoms with Crippen LogP contribution in [0.25, 0.3) is 0 Å². The van der Waals surface area contributed by atoms with Gasteiger partial charge in [0.05, 0.1) is 26.4 Å². The highest BCUT2D eigenvalue weighted by atomic mass is 31.2. The molecule has 19 heteroatoms. The van der Waals surface area contributed by atoms with E-state index in [-0.39, 0.29) is 25.7 Å². The summed E-state index contributed by atoms with van der Waals surface area (Å²) >= 11 is 0. The maximum atomic E-state index is 13.1. The van der Waals surface area contributed by atoms with E-state index < -0.39 is 97.5 Å². The van der Waals surface area contributed by atoms with E-state index in [1.165, 1.54) is 96.3 Å². The number of aliphatic hydroxyl groups excluding tert-OH is 1. The van der Waals surface area contributed by atoms with Gasteiger partial charge < -0.3 is 33.8 Å². The van der Waals surface area contributed by atoms with Gasteiger partial charge in [0.25, 0.3) is 0 Å². The number of allylic oxidation sites excluding steroid dienone is 20. The van der Waals surface area contributed by atoms with Crippen molar-refractivity contribution in [2.75, 3.05) is 39.6 Å². The number of aliphatic hydroxyl groups is 1. The summed E-state index contributed by atoms with van der Waals surface area (Å²) < 4.78 is 68.6. The lowest BCUT2D eigenvalue weighted by atomic mass is 10.1. The average Bonchev–Trinajstić information content (AvgIpc) is 0.926. The lowest BCUT2D eigenvalue weighted by Gasteiger charge is -2.21. The molecule has 0 amide bonds. The lowest BCUT2D eigenvalue weighted by Crippen LogP contribution is -2.30. The molecule has 598 valence electrons. The first-order valence-corrected chi connectivity index (χ1v) is 43.8. The Kier molecular flexibility index (Phi) is 73.3. The number of hydrogen-bond donors (Lipinski definition) is 3. The van der Waals surface area contributed by atoms with Gasteiger partial charge in [-0.15, -0.1) is 0 Å². The second-order valence-corrected chi connectivity index (χ2v) is 29.9. The maximum absolute atomic E-state index is 13.1. The van der Waals surface area contributed by atoms with Crippen molar-refractivity contribution < 1.29 is 80.2 Å². The molecule has 0 aromatic carbocycles. The molecule has 0 aliphatic rings. The highest BCUT2D eigenvalue weighted by Gasteiger charge is 2.30. The summed E-state index contributed by atoms with van der Waals surface area (Å²) in [7, 11) is -9.99. The van der Waals surface area contributed by atoms with Crippen molar-refractivity contribution in [1.82, 2.24) is 0 Å². The van der Waals surface area contributed by atoms with Gasteiger partial charge in [-0.2, -0.15) is 0 Å². The third kappa shape index (κ3) is 75.7. The Morgan fingerprint density at radius 2 is 0.481 bits per heavy atom. The van der Waals surface area contributed by atoms with E-state index >= 15 is 0 Å². The summed E-state index contributed by atoms with van der Waals surface area (Å²) in [5, 5.41) is 10.6. The SMILES string of the molecule is CCCCCC=CCC=CCC=CCCCCCCC(=O)OCC(COP(=O)(O)OCC(O)COP(=O)(O)OCC(COC(=O)CCCCCCCC=CCC=CCCCCC)OC(=O)CCCCCCCC=CCC=CCCCCC)OC(=O)CCCC=CCC=CCC=CCCCCCCCC. The number of rotatable bonds is 76. The van der Waals surface area contributed by atoms with Crippen LogP contribution in [0.1, 0.15) is 336 Å². The van der Waals surface area contributed by atoms with Gasteiger partial charge in [-0.3, -0.25) is 37.3 Å². The topological polar surface area (TPSA) is 237 Å². The number of phosphoric ester groups is 2. The molecule has 0 saturated heterocycles. The molecule has 17 nitrogen and oxygen atoms in total. The highest BCUT2D eigenvalue weighted by Crippen LogP contribution is 2.45. The zero-order valence-electron chi connectivity index (χ0n) is 65.4. The predicted octanol–water partition coefficient (Wildman–Crippen LogP) is 23.9. The van der Waals surface area contributed by atoms with Crippen LogP contribution in [0.15, 0.2) is 122 Å². The molecule has 0 bridgehead atoms. The summed E-state index contributed by atoms with van der Waals surface area (Å²) in [5.41, 5.74) is 0. The fraction of sp³-hybridized carbons (Fsp3) is 0.718. The van der Waals surface area contributed by atoms with Gasteiger partial charge >= 0.3 is 39.5 Å². The molecule has 0 aliphatic heterocycles. The molecule has 104 heavy (non-hydrogen) atoms. The van der Waals surface area contributed by atoms with Crippen LogP contribution < -0.4 is 0 Å². The van der Waals surface area contributed by atoms with E-state index in [9.17, 15) is 43.2 Å². The van der Waals surface area contributed by atoms with Crippen molar-refractivity contribution in [2.24, 2.45) is 0 Å². The molecular formula is C85H146O17P2. The van der Waals surface area contributed by atoms with Crippen molar-refractivity contribution in [3.05, 3.63) is 122 Å². The van der Waals surface area contributed by atoms with Gasteiger partial charge in [-0.1, -0.05) is 271 Å². The first kappa shape index (κ1) is 99.5. The van der Waals surface area contributed by atoms with Gasteiger partial charge in [0.1, 0.15) is 19.3 Å². The van der Waals surface area contributed by atoms with Crippen molar-refractivity contribution >= 4 is 39.5 Å². The van der Waals surface area contributed by atoms with E-state index in [1.54, 1.807) is 0 Å². The average molecular weight is 1500 g/mol. The normalized spacial score (nSPS) is 14.5. The van der Waals surface area contributed by atoms with E-state index in [4.69, 9.17) is 37.0 Å². The molecule has 0 aliphatic carbocycles. The molecule has 0 heterocycles. The third-order valence-corrected chi connectivity index (χ3v) is 18.8. The van der Waals surface area contributed by atoms with E-state index in [2.05, 4.69) is 137 Å². The summed E-state index contributed by atoms with van der Waals surface area (Å²) in [6, 6.07) is 0. The van der Waals surface area contributed by atoms with Crippen LogP contribution in [-0.4, -0.2) is 96.7 Å². The van der Waals surface area contributed by atoms with Crippen LogP contribution in [-0.2, 0) is 65.4 Å². The second kappa shape index (κ2) is 76.6. The largest absolute Gasteiger partial charge is 0.472 e. The molecule has 5 unspecified atom stereocenters. The van der Waals surface area contributed by atoms with E-state index in [0.717, 1.165) is 154 Å². The molecule has 0 aromatic rings. The zero-order valence-corrected chi connectivity index (χ0v) is 67.2. The quantitative estimate of drug-likeness (QED) is 0.0169. The number of esters is 4. The van der Waals surface area contributed by atoms with Crippen molar-refractivity contribution in [3.63, 3.8) is 0 Å². The molecular weight excluding hydrogens is 1350 g/mol. The summed E-state index contributed by atoms with van der Waals surface area (Å²) in [6.07, 6.45) is 84.6. The second-order valence-electron chi connectivity index (χ2n) is 27.0. The molecule has 5 atom stereocenters. The summed E-state index contributed by atoms with van der Waals surface area (Å²) in [4.78, 5) is 73.0. The van der Waals surface area contributed by atoms with Gasteiger partial charge in [-0.25, -0.2) is 9.13 Å². The zero-order chi connectivity index (χ0) is 76.0. The first-order chi connectivity index (χ1) is 50.7. The fourth-order valence-electron chi connectivity index (χ4n) is 10.6. The van der Waals surface area contributed by atoms with E-state index in [0.29, 0.717) is 32.1 Å². The Hall–Kier alpha value is -4.54. The Labute approximate surface area is 632 Å². The van der Waals surface area contributed by atoms with Gasteiger partial charge in [-0.05, 0) is 161 Å². The number of ether oxygens (including phenoxy) is 4. The van der Waals surface area contributed by atoms with E-state index in [1.807, 2.05) is 12.2 Å². The third-order valence-electron chi connectivity index (χ3n) is 16.9. The molecule has 0 fully saturated rings. The van der Waals surface area contributed by atoms with Crippen LogP contribution in [0.3, 0.4) is 0 Å². The number of hydrogen-bond acceptors (Lipinski definition) is 15. The number of carbonyl (C=O) groups excluding carboxylic acids is 4. The molecule has 0 saturated carbocycles. The molecule has 0 radical (unpaired) electrons. The van der Waals surface area contributed by atoms with Crippen LogP contribution in [0.5, 0.6) is 0 Å². The molecule has 0 rings (SSSR count). The van der Waals surface area contributed by atoms with Crippen LogP contribution >= 0.6 is 15.6 Å². The Balaban J connectivity index is 5.46. The molecule has 0 aromatic heterocycles. The smallest absolute Gasteiger partial charge is 0.462 e. The lowest BCUT2D eigenvalue weighted by molar-refractivity contribution is -0.161. The van der Waals surface area contributed by atoms with Crippen LogP contribution in [0, 0.1) is 0 Å². The Morgan fingerprint density at radius 1 is 0.269 bits per heavy atom. The van der Waals surface area contributed by atoms with Crippen LogP contribution in [0.4, 0.5) is 0 Å². The van der Waals surface area contributed by atoms with Gasteiger partial charge in [0.15, 0.2) is 12.2 Å². The van der Waals surface area contributed by atoms with Gasteiger partial charge in [0.2, 0.25) is 0 Å². The maximum Gasteiger partial charge on any atom is 0.472 e. The number of carbonyl (C=O) groups is 4. The molecule has 0 spiro atoms.